The normalized spacial score (nSPS) is 10.4. The molecule has 20 heavy (non-hydrogen) atoms. The number of nitrogens with one attached hydrogen (secondary N) is 1. The number of aromatic amines is 1. The van der Waals surface area contributed by atoms with Gasteiger partial charge < -0.3 is 4.98 Å². The summed E-state index contributed by atoms with van der Waals surface area (Å²) in [4.78, 5) is 22.8. The number of nitrogens with zero attached hydrogens (tertiary/aromatic N) is 3. The van der Waals surface area contributed by atoms with E-state index in [4.69, 9.17) is 5.26 Å². The average molecular weight is 262 g/mol. The van der Waals surface area contributed by atoms with Crippen LogP contribution in [0.25, 0.3) is 22.4 Å². The Balaban J connectivity index is 2.23. The highest BCUT2D eigenvalue weighted by atomic mass is 16.1. The lowest BCUT2D eigenvalue weighted by Crippen LogP contribution is -2.12. The molecular weight excluding hydrogens is 252 g/mol. The maximum Gasteiger partial charge on any atom is 0.269 e. The number of rotatable bonds is 1. The summed E-state index contributed by atoms with van der Waals surface area (Å²) in [6.07, 6.45) is 1.26. The van der Waals surface area contributed by atoms with Crippen LogP contribution in [0.1, 0.15) is 11.1 Å². The summed E-state index contributed by atoms with van der Waals surface area (Å²) in [7, 11) is 0. The Labute approximate surface area is 114 Å². The Morgan fingerprint density at radius 1 is 1.30 bits per heavy atom. The Hall–Kier alpha value is -3.00. The zero-order valence-corrected chi connectivity index (χ0v) is 10.7. The Bertz CT molecular complexity index is 906. The van der Waals surface area contributed by atoms with Gasteiger partial charge in [-0.15, -0.1) is 0 Å². The van der Waals surface area contributed by atoms with Crippen molar-refractivity contribution in [2.24, 2.45) is 0 Å². The van der Waals surface area contributed by atoms with Crippen LogP contribution in [0, 0.1) is 18.3 Å². The third kappa shape index (κ3) is 1.93. The van der Waals surface area contributed by atoms with Gasteiger partial charge in [-0.1, -0.05) is 18.2 Å². The number of para-hydroxylation sites is 1. The van der Waals surface area contributed by atoms with Crippen LogP contribution in [0.2, 0.25) is 0 Å². The Kier molecular flexibility index (Phi) is 2.77. The van der Waals surface area contributed by atoms with Crippen LogP contribution >= 0.6 is 0 Å². The lowest BCUT2D eigenvalue weighted by molar-refractivity contribution is 1.09. The molecule has 0 aliphatic heterocycles. The van der Waals surface area contributed by atoms with Crippen molar-refractivity contribution in [1.82, 2.24) is 15.0 Å². The fourth-order valence-corrected chi connectivity index (χ4v) is 2.08. The largest absolute Gasteiger partial charge is 0.304 e. The standard InChI is InChI=1S/C15H10N4O/c1-9-6-13(18-12-5-3-2-4-11(9)12)14-17-8-10(7-16)15(20)19-14/h2-6,8H,1H3,(H,17,19,20). The van der Waals surface area contributed by atoms with E-state index in [-0.39, 0.29) is 5.56 Å². The number of hydrogen-bond acceptors (Lipinski definition) is 4. The number of fused-ring (bicyclic) bond motifs is 1. The van der Waals surface area contributed by atoms with Crippen LogP contribution in [0.4, 0.5) is 0 Å². The van der Waals surface area contributed by atoms with Crippen molar-refractivity contribution in [2.45, 2.75) is 6.92 Å². The van der Waals surface area contributed by atoms with E-state index < -0.39 is 5.56 Å². The third-order valence-corrected chi connectivity index (χ3v) is 3.09. The lowest BCUT2D eigenvalue weighted by atomic mass is 10.1. The fraction of sp³-hybridized carbons (Fsp3) is 0.0667. The lowest BCUT2D eigenvalue weighted by Gasteiger charge is -2.05. The minimum absolute atomic E-state index is 0.00809. The molecule has 3 aromatic rings. The van der Waals surface area contributed by atoms with Gasteiger partial charge in [0.2, 0.25) is 0 Å². The number of hydrogen-bond donors (Lipinski definition) is 1. The molecule has 0 spiro atoms. The number of aromatic nitrogens is 3. The van der Waals surface area contributed by atoms with E-state index in [1.165, 1.54) is 6.20 Å². The van der Waals surface area contributed by atoms with Gasteiger partial charge in [-0.2, -0.15) is 5.26 Å². The number of nitriles is 1. The van der Waals surface area contributed by atoms with E-state index in [1.54, 1.807) is 6.07 Å². The first kappa shape index (κ1) is 12.1. The van der Waals surface area contributed by atoms with E-state index in [1.807, 2.05) is 37.3 Å². The van der Waals surface area contributed by atoms with Crippen molar-refractivity contribution in [3.63, 3.8) is 0 Å². The molecular formula is C15H10N4O. The van der Waals surface area contributed by atoms with Crippen LogP contribution < -0.4 is 5.56 Å². The van der Waals surface area contributed by atoms with Crippen LogP contribution in [-0.4, -0.2) is 15.0 Å². The summed E-state index contributed by atoms with van der Waals surface area (Å²) in [6.45, 7) is 1.98. The number of H-pyrrole nitrogens is 1. The predicted octanol–water partition coefficient (Wildman–Crippen LogP) is 2.17. The second kappa shape index (κ2) is 4.59. The van der Waals surface area contributed by atoms with Crippen molar-refractivity contribution in [1.29, 1.82) is 5.26 Å². The van der Waals surface area contributed by atoms with Crippen LogP contribution in [0.5, 0.6) is 0 Å². The monoisotopic (exact) mass is 262 g/mol. The van der Waals surface area contributed by atoms with E-state index in [2.05, 4.69) is 15.0 Å². The molecule has 1 aromatic carbocycles. The van der Waals surface area contributed by atoms with Crippen LogP contribution in [0.3, 0.4) is 0 Å². The molecule has 0 saturated heterocycles. The average Bonchev–Trinajstić information content (AvgIpc) is 2.47. The number of aryl methyl sites for hydroxylation is 1. The predicted molar refractivity (Wildman–Crippen MR) is 75.0 cm³/mol. The minimum Gasteiger partial charge on any atom is -0.304 e. The highest BCUT2D eigenvalue weighted by Gasteiger charge is 2.08. The zero-order valence-electron chi connectivity index (χ0n) is 10.7. The second-order valence-corrected chi connectivity index (χ2v) is 4.43. The van der Waals surface area contributed by atoms with Crippen LogP contribution in [-0.2, 0) is 0 Å². The van der Waals surface area contributed by atoms with Gasteiger partial charge in [-0.3, -0.25) is 4.79 Å². The van der Waals surface area contributed by atoms with Crippen molar-refractivity contribution in [3.8, 4) is 17.6 Å². The third-order valence-electron chi connectivity index (χ3n) is 3.09. The van der Waals surface area contributed by atoms with Crippen molar-refractivity contribution in [3.05, 3.63) is 58.0 Å². The first-order valence-corrected chi connectivity index (χ1v) is 6.05. The summed E-state index contributed by atoms with van der Waals surface area (Å²) >= 11 is 0. The molecule has 0 saturated carbocycles. The molecule has 0 unspecified atom stereocenters. The molecule has 3 rings (SSSR count). The number of benzene rings is 1. The number of pyridine rings is 1. The highest BCUT2D eigenvalue weighted by Crippen LogP contribution is 2.21. The Morgan fingerprint density at radius 2 is 2.10 bits per heavy atom. The van der Waals surface area contributed by atoms with Crippen molar-refractivity contribution < 1.29 is 0 Å². The van der Waals surface area contributed by atoms with E-state index in [0.717, 1.165) is 16.5 Å². The van der Waals surface area contributed by atoms with Gasteiger partial charge in [0.05, 0.1) is 11.7 Å². The summed E-state index contributed by atoms with van der Waals surface area (Å²) in [5.41, 5.74) is 2.02. The second-order valence-electron chi connectivity index (χ2n) is 4.43. The molecule has 2 aromatic heterocycles. The van der Waals surface area contributed by atoms with Gasteiger partial charge in [-0.25, -0.2) is 9.97 Å². The van der Waals surface area contributed by atoms with Gasteiger partial charge in [-0.05, 0) is 24.6 Å². The highest BCUT2D eigenvalue weighted by molar-refractivity contribution is 5.84. The van der Waals surface area contributed by atoms with Gasteiger partial charge in [0.25, 0.3) is 5.56 Å². The molecule has 0 aliphatic rings. The quantitative estimate of drug-likeness (QED) is 0.728. The molecule has 0 atom stereocenters. The maximum atomic E-state index is 11.6. The molecule has 0 aliphatic carbocycles. The first-order chi connectivity index (χ1) is 9.69. The summed E-state index contributed by atoms with van der Waals surface area (Å²) < 4.78 is 0. The molecule has 0 fully saturated rings. The minimum atomic E-state index is -0.454. The molecule has 0 radical (unpaired) electrons. The zero-order chi connectivity index (χ0) is 14.1. The molecule has 1 N–H and O–H groups in total. The molecule has 2 heterocycles. The maximum absolute atomic E-state index is 11.6. The summed E-state index contributed by atoms with van der Waals surface area (Å²) in [6, 6.07) is 11.4. The molecule has 5 nitrogen and oxygen atoms in total. The summed E-state index contributed by atoms with van der Waals surface area (Å²) in [5, 5.41) is 9.80. The molecule has 5 heteroatoms. The first-order valence-electron chi connectivity index (χ1n) is 6.05. The van der Waals surface area contributed by atoms with E-state index >= 15 is 0 Å². The molecule has 96 valence electrons. The van der Waals surface area contributed by atoms with Gasteiger partial charge in [0.1, 0.15) is 17.3 Å². The van der Waals surface area contributed by atoms with Crippen molar-refractivity contribution in [2.75, 3.05) is 0 Å². The topological polar surface area (TPSA) is 82.4 Å². The van der Waals surface area contributed by atoms with Gasteiger partial charge in [0.15, 0.2) is 5.82 Å². The van der Waals surface area contributed by atoms with Crippen LogP contribution in [0.15, 0.2) is 41.3 Å². The fourth-order valence-electron chi connectivity index (χ4n) is 2.08. The smallest absolute Gasteiger partial charge is 0.269 e. The Morgan fingerprint density at radius 3 is 2.85 bits per heavy atom. The van der Waals surface area contributed by atoms with Gasteiger partial charge in [0, 0.05) is 5.39 Å². The molecule has 0 bridgehead atoms. The van der Waals surface area contributed by atoms with Crippen molar-refractivity contribution >= 4 is 10.9 Å². The van der Waals surface area contributed by atoms with E-state index in [9.17, 15) is 4.79 Å². The van der Waals surface area contributed by atoms with E-state index in [0.29, 0.717) is 11.5 Å². The van der Waals surface area contributed by atoms with Gasteiger partial charge >= 0.3 is 0 Å². The SMILES string of the molecule is Cc1cc(-c2ncc(C#N)c(=O)[nH]2)nc2ccccc12. The molecule has 0 amide bonds. The summed E-state index contributed by atoms with van der Waals surface area (Å²) in [5.74, 6) is 0.364.